The number of piperidine rings is 1. The van der Waals surface area contributed by atoms with E-state index in [9.17, 15) is 4.79 Å². The molecule has 2 rings (SSSR count). The maximum atomic E-state index is 11.2. The number of Topliss-reactive ketones (excluding diaryl/α,β-unsaturated/α-hetero) is 1. The first kappa shape index (κ1) is 12.7. The van der Waals surface area contributed by atoms with Crippen LogP contribution in [0.15, 0.2) is 6.20 Å². The quantitative estimate of drug-likeness (QED) is 0.772. The molecule has 1 atom stereocenters. The number of aromatic nitrogens is 1. The normalized spacial score (nSPS) is 21.6. The third kappa shape index (κ3) is 3.36. The van der Waals surface area contributed by atoms with Crippen LogP contribution in [0.4, 0.5) is 0 Å². The van der Waals surface area contributed by atoms with Crippen molar-refractivity contribution in [2.45, 2.75) is 33.1 Å². The summed E-state index contributed by atoms with van der Waals surface area (Å²) in [4.78, 5) is 18.9. The van der Waals surface area contributed by atoms with Crippen molar-refractivity contribution < 1.29 is 4.79 Å². The van der Waals surface area contributed by atoms with E-state index in [-0.39, 0.29) is 5.78 Å². The van der Waals surface area contributed by atoms with Gasteiger partial charge in [-0.25, -0.2) is 4.98 Å². The minimum absolute atomic E-state index is 0.132. The zero-order chi connectivity index (χ0) is 12.3. The molecule has 94 valence electrons. The fraction of sp³-hybridized carbons (Fsp3) is 0.692. The van der Waals surface area contributed by atoms with Gasteiger partial charge in [0.15, 0.2) is 5.78 Å². The van der Waals surface area contributed by atoms with Crippen LogP contribution in [0.5, 0.6) is 0 Å². The Labute approximate surface area is 107 Å². The minimum atomic E-state index is 0.132. The van der Waals surface area contributed by atoms with Gasteiger partial charge in [-0.15, -0.1) is 11.3 Å². The fourth-order valence-electron chi connectivity index (χ4n) is 2.42. The summed E-state index contributed by atoms with van der Waals surface area (Å²) >= 11 is 1.56. The Morgan fingerprint density at radius 1 is 1.65 bits per heavy atom. The van der Waals surface area contributed by atoms with E-state index < -0.39 is 0 Å². The molecule has 2 heterocycles. The van der Waals surface area contributed by atoms with E-state index >= 15 is 0 Å². The van der Waals surface area contributed by atoms with Gasteiger partial charge in [0.1, 0.15) is 0 Å². The first-order valence-corrected chi connectivity index (χ1v) is 7.18. The highest BCUT2D eigenvalue weighted by atomic mass is 32.1. The predicted octanol–water partition coefficient (Wildman–Crippen LogP) is 2.62. The van der Waals surface area contributed by atoms with E-state index in [1.807, 2.05) is 0 Å². The molecular weight excluding hydrogens is 232 g/mol. The van der Waals surface area contributed by atoms with Crippen LogP contribution in [0.25, 0.3) is 0 Å². The van der Waals surface area contributed by atoms with Gasteiger partial charge < -0.3 is 4.90 Å². The van der Waals surface area contributed by atoms with E-state index in [0.29, 0.717) is 0 Å². The summed E-state index contributed by atoms with van der Waals surface area (Å²) in [6, 6.07) is 0. The molecule has 0 radical (unpaired) electrons. The number of thiazole rings is 1. The molecule has 0 aromatic carbocycles. The van der Waals surface area contributed by atoms with Gasteiger partial charge in [-0.05, 0) is 31.8 Å². The molecular formula is C13H20N2OS. The minimum Gasteiger partial charge on any atom is -0.303 e. The third-order valence-corrected chi connectivity index (χ3v) is 4.53. The monoisotopic (exact) mass is 252 g/mol. The van der Waals surface area contributed by atoms with Crippen LogP contribution in [0, 0.1) is 5.92 Å². The Morgan fingerprint density at radius 3 is 3.12 bits per heavy atom. The highest BCUT2D eigenvalue weighted by Crippen LogP contribution is 2.23. The lowest BCUT2D eigenvalue weighted by Gasteiger charge is -2.31. The van der Waals surface area contributed by atoms with Crippen molar-refractivity contribution in [3.63, 3.8) is 0 Å². The number of carbonyl (C=O) groups excluding carboxylic acids is 1. The summed E-state index contributed by atoms with van der Waals surface area (Å²) in [5, 5.41) is 1.12. The number of nitrogens with zero attached hydrogens (tertiary/aromatic N) is 2. The van der Waals surface area contributed by atoms with Crippen LogP contribution in [0.1, 0.15) is 41.4 Å². The number of carbonyl (C=O) groups is 1. The number of hydrogen-bond donors (Lipinski definition) is 0. The van der Waals surface area contributed by atoms with Crippen molar-refractivity contribution in [2.75, 3.05) is 19.6 Å². The second kappa shape index (κ2) is 5.74. The topological polar surface area (TPSA) is 33.2 Å². The second-order valence-electron chi connectivity index (χ2n) is 4.78. The number of ketones is 1. The van der Waals surface area contributed by atoms with Crippen LogP contribution in [-0.4, -0.2) is 35.3 Å². The number of hydrogen-bond acceptors (Lipinski definition) is 4. The van der Waals surface area contributed by atoms with Crippen LogP contribution in [0.2, 0.25) is 0 Å². The van der Waals surface area contributed by atoms with Crippen molar-refractivity contribution in [1.29, 1.82) is 0 Å². The van der Waals surface area contributed by atoms with E-state index in [0.717, 1.165) is 28.8 Å². The summed E-state index contributed by atoms with van der Waals surface area (Å²) in [5.41, 5.74) is 0. The van der Waals surface area contributed by atoms with Crippen molar-refractivity contribution in [3.05, 3.63) is 16.1 Å². The van der Waals surface area contributed by atoms with Crippen LogP contribution >= 0.6 is 11.3 Å². The smallest absolute Gasteiger partial charge is 0.171 e. The highest BCUT2D eigenvalue weighted by molar-refractivity contribution is 7.13. The Kier molecular flexibility index (Phi) is 4.29. The molecule has 0 aliphatic carbocycles. The highest BCUT2D eigenvalue weighted by Gasteiger charge is 2.20. The molecule has 1 aromatic heterocycles. The summed E-state index contributed by atoms with van der Waals surface area (Å²) in [6.45, 7) is 7.40. The van der Waals surface area contributed by atoms with Crippen LogP contribution in [0.3, 0.4) is 0 Å². The molecule has 1 aliphatic rings. The van der Waals surface area contributed by atoms with E-state index in [1.54, 1.807) is 24.5 Å². The maximum absolute atomic E-state index is 11.2. The van der Waals surface area contributed by atoms with Gasteiger partial charge in [-0.3, -0.25) is 4.79 Å². The SMILES string of the molecule is CCN1CCCC(Cc2ncc(C(C)=O)s2)C1. The first-order valence-electron chi connectivity index (χ1n) is 6.37. The zero-order valence-corrected chi connectivity index (χ0v) is 11.4. The summed E-state index contributed by atoms with van der Waals surface area (Å²) in [5.74, 6) is 0.849. The molecule has 0 amide bonds. The molecule has 1 unspecified atom stereocenters. The fourth-order valence-corrected chi connectivity index (χ4v) is 3.35. The van der Waals surface area contributed by atoms with Gasteiger partial charge in [-0.1, -0.05) is 6.92 Å². The number of rotatable bonds is 4. The third-order valence-electron chi connectivity index (χ3n) is 3.41. The predicted molar refractivity (Wildman–Crippen MR) is 70.7 cm³/mol. The Hall–Kier alpha value is -0.740. The van der Waals surface area contributed by atoms with Gasteiger partial charge >= 0.3 is 0 Å². The van der Waals surface area contributed by atoms with Gasteiger partial charge in [0.25, 0.3) is 0 Å². The molecule has 3 nitrogen and oxygen atoms in total. The Bertz CT molecular complexity index is 389. The summed E-state index contributed by atoms with van der Waals surface area (Å²) < 4.78 is 0. The Morgan fingerprint density at radius 2 is 2.47 bits per heavy atom. The van der Waals surface area contributed by atoms with E-state index in [2.05, 4.69) is 16.8 Å². The maximum Gasteiger partial charge on any atom is 0.171 e. The Balaban J connectivity index is 1.93. The van der Waals surface area contributed by atoms with Crippen molar-refractivity contribution in [3.8, 4) is 0 Å². The van der Waals surface area contributed by atoms with Gasteiger partial charge in [0.2, 0.25) is 0 Å². The van der Waals surface area contributed by atoms with Crippen molar-refractivity contribution in [1.82, 2.24) is 9.88 Å². The average molecular weight is 252 g/mol. The second-order valence-corrected chi connectivity index (χ2v) is 5.90. The molecule has 1 aromatic rings. The molecule has 1 aliphatic heterocycles. The largest absolute Gasteiger partial charge is 0.303 e. The molecule has 4 heteroatoms. The lowest BCUT2D eigenvalue weighted by atomic mass is 9.95. The van der Waals surface area contributed by atoms with Gasteiger partial charge in [0.05, 0.1) is 9.88 Å². The number of likely N-dealkylation sites (tertiary alicyclic amines) is 1. The van der Waals surface area contributed by atoms with E-state index in [4.69, 9.17) is 0 Å². The molecule has 17 heavy (non-hydrogen) atoms. The first-order chi connectivity index (χ1) is 8.19. The summed E-state index contributed by atoms with van der Waals surface area (Å²) in [6.07, 6.45) is 5.35. The van der Waals surface area contributed by atoms with Gasteiger partial charge in [0, 0.05) is 26.1 Å². The molecule has 1 fully saturated rings. The molecule has 0 spiro atoms. The van der Waals surface area contributed by atoms with Crippen molar-refractivity contribution >= 4 is 17.1 Å². The van der Waals surface area contributed by atoms with Crippen LogP contribution < -0.4 is 0 Å². The van der Waals surface area contributed by atoms with E-state index in [1.165, 1.54) is 25.9 Å². The standard InChI is InChI=1S/C13H20N2OS/c1-3-15-6-4-5-11(9-15)7-13-14-8-12(17-13)10(2)16/h8,11H,3-7,9H2,1-2H3. The zero-order valence-electron chi connectivity index (χ0n) is 10.6. The average Bonchev–Trinajstić information content (AvgIpc) is 2.78. The lowest BCUT2D eigenvalue weighted by Crippen LogP contribution is -2.35. The molecule has 0 saturated carbocycles. The molecule has 1 saturated heterocycles. The summed E-state index contributed by atoms with van der Waals surface area (Å²) in [7, 11) is 0. The van der Waals surface area contributed by atoms with Gasteiger partial charge in [-0.2, -0.15) is 0 Å². The van der Waals surface area contributed by atoms with Crippen LogP contribution in [-0.2, 0) is 6.42 Å². The molecule has 0 N–H and O–H groups in total. The lowest BCUT2D eigenvalue weighted by molar-refractivity contribution is 0.102. The van der Waals surface area contributed by atoms with Crippen molar-refractivity contribution in [2.24, 2.45) is 5.92 Å². The molecule has 0 bridgehead atoms.